The van der Waals surface area contributed by atoms with E-state index in [-0.39, 0.29) is 11.8 Å². The molecule has 86 valence electrons. The number of hydrogen-bond donors (Lipinski definition) is 0. The molecule has 1 atom stereocenters. The average Bonchev–Trinajstić information content (AvgIpc) is 2.25. The van der Waals surface area contributed by atoms with Gasteiger partial charge in [0.2, 0.25) is 5.91 Å². The van der Waals surface area contributed by atoms with E-state index in [1.165, 1.54) is 0 Å². The molecule has 0 N–H and O–H groups in total. The Morgan fingerprint density at radius 3 is 2.67 bits per heavy atom. The molecule has 0 fully saturated rings. The second-order valence-corrected chi connectivity index (χ2v) is 4.40. The summed E-state index contributed by atoms with van der Waals surface area (Å²) in [5.41, 5.74) is 0. The van der Waals surface area contributed by atoms with Gasteiger partial charge in [0, 0.05) is 24.8 Å². The van der Waals surface area contributed by atoms with Gasteiger partial charge in [-0.3, -0.25) is 4.79 Å². The molecule has 0 heterocycles. The molecule has 0 aromatic heterocycles. The number of nitrogens with zero attached hydrogens (tertiary/aromatic N) is 2. The van der Waals surface area contributed by atoms with Crippen molar-refractivity contribution < 1.29 is 4.79 Å². The van der Waals surface area contributed by atoms with Crippen LogP contribution in [0.4, 0.5) is 0 Å². The number of hydrogen-bond acceptors (Lipinski definition) is 2. The Morgan fingerprint density at radius 2 is 2.20 bits per heavy atom. The normalized spacial score (nSPS) is 11.9. The van der Waals surface area contributed by atoms with E-state index >= 15 is 0 Å². The lowest BCUT2D eigenvalue weighted by molar-refractivity contribution is -0.131. The third kappa shape index (κ3) is 6.51. The minimum Gasteiger partial charge on any atom is -0.342 e. The van der Waals surface area contributed by atoms with Crippen molar-refractivity contribution in [3.05, 3.63) is 0 Å². The van der Waals surface area contributed by atoms with E-state index in [0.717, 1.165) is 18.2 Å². The van der Waals surface area contributed by atoms with Gasteiger partial charge in [0.15, 0.2) is 0 Å². The molecule has 1 amide bonds. The number of amides is 1. The predicted molar refractivity (Wildman–Crippen MR) is 64.7 cm³/mol. The van der Waals surface area contributed by atoms with Crippen molar-refractivity contribution in [2.24, 2.45) is 5.92 Å². The third-order valence-corrected chi connectivity index (χ3v) is 2.78. The number of carbonyl (C=O) groups is 1. The molecular formula is C11H19BrN2O. The van der Waals surface area contributed by atoms with Gasteiger partial charge in [-0.2, -0.15) is 5.26 Å². The fraction of sp³-hybridized carbons (Fsp3) is 0.818. The van der Waals surface area contributed by atoms with Crippen LogP contribution in [0.5, 0.6) is 0 Å². The van der Waals surface area contributed by atoms with Gasteiger partial charge < -0.3 is 4.90 Å². The van der Waals surface area contributed by atoms with Gasteiger partial charge in [-0.05, 0) is 26.7 Å². The Kier molecular flexibility index (Phi) is 8.40. The maximum Gasteiger partial charge on any atom is 0.222 e. The first-order valence-electron chi connectivity index (χ1n) is 5.39. The highest BCUT2D eigenvalue weighted by atomic mass is 79.9. The lowest BCUT2D eigenvalue weighted by Gasteiger charge is -2.21. The molecule has 0 rings (SSSR count). The van der Waals surface area contributed by atoms with Gasteiger partial charge in [0.05, 0.1) is 12.0 Å². The second kappa shape index (κ2) is 8.72. The van der Waals surface area contributed by atoms with Gasteiger partial charge in [-0.15, -0.1) is 0 Å². The first kappa shape index (κ1) is 14.4. The van der Waals surface area contributed by atoms with E-state index in [2.05, 4.69) is 22.0 Å². The van der Waals surface area contributed by atoms with Crippen LogP contribution in [0.3, 0.4) is 0 Å². The smallest absolute Gasteiger partial charge is 0.222 e. The quantitative estimate of drug-likeness (QED) is 0.529. The molecule has 1 unspecified atom stereocenters. The molecule has 3 nitrogen and oxygen atoms in total. The monoisotopic (exact) mass is 274 g/mol. The van der Waals surface area contributed by atoms with Crippen LogP contribution in [0.2, 0.25) is 0 Å². The van der Waals surface area contributed by atoms with E-state index < -0.39 is 0 Å². The second-order valence-electron chi connectivity index (χ2n) is 3.61. The highest BCUT2D eigenvalue weighted by Crippen LogP contribution is 2.05. The van der Waals surface area contributed by atoms with Crippen LogP contribution >= 0.6 is 15.9 Å². The molecule has 0 saturated carbocycles. The Bertz CT molecular complexity index is 225. The molecule has 0 bridgehead atoms. The Morgan fingerprint density at radius 1 is 1.53 bits per heavy atom. The summed E-state index contributed by atoms with van der Waals surface area (Å²) in [6.07, 6.45) is 2.54. The van der Waals surface area contributed by atoms with E-state index in [9.17, 15) is 4.79 Å². The van der Waals surface area contributed by atoms with Crippen molar-refractivity contribution >= 4 is 21.8 Å². The van der Waals surface area contributed by atoms with E-state index in [1.807, 2.05) is 13.8 Å². The summed E-state index contributed by atoms with van der Waals surface area (Å²) < 4.78 is 0. The highest BCUT2D eigenvalue weighted by molar-refractivity contribution is 9.09. The van der Waals surface area contributed by atoms with Gasteiger partial charge in [-0.1, -0.05) is 15.9 Å². The van der Waals surface area contributed by atoms with Crippen molar-refractivity contribution in [1.82, 2.24) is 4.90 Å². The van der Waals surface area contributed by atoms with Gasteiger partial charge >= 0.3 is 0 Å². The van der Waals surface area contributed by atoms with Gasteiger partial charge in [-0.25, -0.2) is 0 Å². The zero-order valence-corrected chi connectivity index (χ0v) is 11.1. The predicted octanol–water partition coefficient (Wildman–Crippen LogP) is 2.56. The van der Waals surface area contributed by atoms with Crippen LogP contribution in [0.1, 0.15) is 33.1 Å². The van der Waals surface area contributed by atoms with Crippen LogP contribution in [0.15, 0.2) is 0 Å². The molecule has 15 heavy (non-hydrogen) atoms. The van der Waals surface area contributed by atoms with Crippen molar-refractivity contribution in [1.29, 1.82) is 5.26 Å². The molecular weight excluding hydrogens is 256 g/mol. The molecule has 0 aliphatic rings. The zero-order chi connectivity index (χ0) is 11.7. The molecule has 0 spiro atoms. The summed E-state index contributed by atoms with van der Waals surface area (Å²) in [5.74, 6) is 0.0885. The zero-order valence-electron chi connectivity index (χ0n) is 9.50. The average molecular weight is 275 g/mol. The fourth-order valence-electron chi connectivity index (χ4n) is 1.31. The number of halogens is 1. The number of unbranched alkanes of at least 4 members (excludes halogenated alkanes) is 1. The van der Waals surface area contributed by atoms with E-state index in [1.54, 1.807) is 4.90 Å². The molecule has 0 aliphatic carbocycles. The maximum atomic E-state index is 11.7. The first-order chi connectivity index (χ1) is 7.15. The minimum atomic E-state index is -0.0786. The van der Waals surface area contributed by atoms with Crippen LogP contribution in [-0.4, -0.2) is 29.2 Å². The number of alkyl halides is 1. The summed E-state index contributed by atoms with van der Waals surface area (Å²) in [6.45, 7) is 5.04. The summed E-state index contributed by atoms with van der Waals surface area (Å²) in [4.78, 5) is 13.5. The van der Waals surface area contributed by atoms with Gasteiger partial charge in [0.1, 0.15) is 0 Å². The van der Waals surface area contributed by atoms with E-state index in [0.29, 0.717) is 19.5 Å². The summed E-state index contributed by atoms with van der Waals surface area (Å²) >= 11 is 3.34. The highest BCUT2D eigenvalue weighted by Gasteiger charge is 2.13. The summed E-state index contributed by atoms with van der Waals surface area (Å²) in [7, 11) is 0. The molecule has 0 aliphatic heterocycles. The van der Waals surface area contributed by atoms with Gasteiger partial charge in [0.25, 0.3) is 0 Å². The van der Waals surface area contributed by atoms with Crippen molar-refractivity contribution in [2.45, 2.75) is 33.1 Å². The van der Waals surface area contributed by atoms with Crippen molar-refractivity contribution in [2.75, 3.05) is 18.4 Å². The minimum absolute atomic E-state index is 0.0786. The van der Waals surface area contributed by atoms with E-state index in [4.69, 9.17) is 5.26 Å². The topological polar surface area (TPSA) is 44.1 Å². The van der Waals surface area contributed by atoms with Crippen LogP contribution in [-0.2, 0) is 4.79 Å². The number of rotatable bonds is 7. The molecule has 0 aromatic rings. The Labute approximate surface area is 101 Å². The SMILES string of the molecule is CCN(CC(C)C#N)C(=O)CCCCBr. The number of nitriles is 1. The lowest BCUT2D eigenvalue weighted by atomic mass is 10.1. The fourth-order valence-corrected chi connectivity index (χ4v) is 1.70. The standard InChI is InChI=1S/C11H19BrN2O/c1-3-14(9-10(2)8-13)11(15)6-4-5-7-12/h10H,3-7,9H2,1-2H3. The summed E-state index contributed by atoms with van der Waals surface area (Å²) in [5, 5.41) is 9.63. The van der Waals surface area contributed by atoms with Crippen molar-refractivity contribution in [3.63, 3.8) is 0 Å². The Hall–Kier alpha value is -0.560. The molecule has 4 heteroatoms. The third-order valence-electron chi connectivity index (χ3n) is 2.22. The van der Waals surface area contributed by atoms with Crippen LogP contribution < -0.4 is 0 Å². The lowest BCUT2D eigenvalue weighted by Crippen LogP contribution is -2.34. The summed E-state index contributed by atoms with van der Waals surface area (Å²) in [6, 6.07) is 2.15. The Balaban J connectivity index is 3.94. The largest absolute Gasteiger partial charge is 0.342 e. The number of carbonyl (C=O) groups excluding carboxylic acids is 1. The molecule has 0 aromatic carbocycles. The van der Waals surface area contributed by atoms with Crippen LogP contribution in [0, 0.1) is 17.2 Å². The van der Waals surface area contributed by atoms with Crippen molar-refractivity contribution in [3.8, 4) is 6.07 Å². The maximum absolute atomic E-state index is 11.7. The van der Waals surface area contributed by atoms with Crippen LogP contribution in [0.25, 0.3) is 0 Å². The molecule has 0 saturated heterocycles. The molecule has 0 radical (unpaired) electrons. The first-order valence-corrected chi connectivity index (χ1v) is 6.51.